The maximum Gasteiger partial charge on any atom is 0.243 e. The zero-order valence-electron chi connectivity index (χ0n) is 17.2. The minimum absolute atomic E-state index is 0.117. The van der Waals surface area contributed by atoms with Crippen molar-refractivity contribution in [2.75, 3.05) is 36.4 Å². The van der Waals surface area contributed by atoms with E-state index >= 15 is 0 Å². The van der Waals surface area contributed by atoms with Crippen molar-refractivity contribution in [2.45, 2.75) is 37.0 Å². The quantitative estimate of drug-likeness (QED) is 0.790. The minimum Gasteiger partial charge on any atom is -0.372 e. The number of carbonyl (C=O) groups is 1. The third kappa shape index (κ3) is 4.68. The standard InChI is InChI=1S/C23H29N3O3S/c27-23(24-20-11-13-21(14-12-20)25-15-5-2-6-16-25)19-8-7-17-26(18-19)30(28,29)22-9-3-1-4-10-22/h1,3-4,9-14,19H,2,5-8,15-18H2,(H,24,27)/t19-/m1/s1. The summed E-state index contributed by atoms with van der Waals surface area (Å²) in [6, 6.07) is 16.4. The highest BCUT2D eigenvalue weighted by Crippen LogP contribution is 2.26. The molecular formula is C23H29N3O3S. The SMILES string of the molecule is O=C(Nc1ccc(N2CCCCC2)cc1)[C@@H]1CCCN(S(=O)(=O)c2ccccc2)C1. The molecule has 2 saturated heterocycles. The van der Waals surface area contributed by atoms with Crippen molar-refractivity contribution in [1.29, 1.82) is 0 Å². The molecule has 0 aromatic heterocycles. The van der Waals surface area contributed by atoms with Gasteiger partial charge in [0, 0.05) is 37.6 Å². The first-order valence-corrected chi connectivity index (χ1v) is 12.2. The lowest BCUT2D eigenvalue weighted by Crippen LogP contribution is -2.43. The van der Waals surface area contributed by atoms with Crippen LogP contribution in [0.1, 0.15) is 32.1 Å². The monoisotopic (exact) mass is 427 g/mol. The second-order valence-electron chi connectivity index (χ2n) is 8.10. The van der Waals surface area contributed by atoms with Crippen molar-refractivity contribution in [1.82, 2.24) is 4.31 Å². The van der Waals surface area contributed by atoms with E-state index in [-0.39, 0.29) is 23.3 Å². The van der Waals surface area contributed by atoms with Crippen LogP contribution in [0.5, 0.6) is 0 Å². The number of rotatable bonds is 5. The third-order valence-corrected chi connectivity index (χ3v) is 7.87. The van der Waals surface area contributed by atoms with Gasteiger partial charge >= 0.3 is 0 Å². The lowest BCUT2D eigenvalue weighted by atomic mass is 9.98. The second-order valence-corrected chi connectivity index (χ2v) is 10.0. The minimum atomic E-state index is -3.57. The molecule has 2 aromatic rings. The first-order chi connectivity index (χ1) is 14.5. The third-order valence-electron chi connectivity index (χ3n) is 5.99. The summed E-state index contributed by atoms with van der Waals surface area (Å²) < 4.78 is 27.2. The van der Waals surface area contributed by atoms with E-state index < -0.39 is 10.0 Å². The van der Waals surface area contributed by atoms with Crippen molar-refractivity contribution in [3.63, 3.8) is 0 Å². The summed E-state index contributed by atoms with van der Waals surface area (Å²) in [6.07, 6.45) is 5.12. The van der Waals surface area contributed by atoms with E-state index in [1.54, 1.807) is 30.3 Å². The number of sulfonamides is 1. The zero-order chi connectivity index (χ0) is 21.0. The Bertz CT molecular complexity index is 955. The van der Waals surface area contributed by atoms with Crippen LogP contribution in [0, 0.1) is 5.92 Å². The normalized spacial score (nSPS) is 20.7. The number of nitrogens with one attached hydrogen (secondary N) is 1. The van der Waals surface area contributed by atoms with Gasteiger partial charge in [-0.2, -0.15) is 4.31 Å². The van der Waals surface area contributed by atoms with Crippen molar-refractivity contribution < 1.29 is 13.2 Å². The molecule has 0 saturated carbocycles. The Labute approximate surface area is 178 Å². The van der Waals surface area contributed by atoms with Gasteiger partial charge in [-0.1, -0.05) is 18.2 Å². The van der Waals surface area contributed by atoms with Crippen molar-refractivity contribution in [3.05, 3.63) is 54.6 Å². The summed E-state index contributed by atoms with van der Waals surface area (Å²) in [5, 5.41) is 2.97. The second kappa shape index (κ2) is 9.18. The topological polar surface area (TPSA) is 69.7 Å². The summed E-state index contributed by atoms with van der Waals surface area (Å²) in [7, 11) is -3.57. The van der Waals surface area contributed by atoms with E-state index in [4.69, 9.17) is 0 Å². The number of benzene rings is 2. The van der Waals surface area contributed by atoms with Crippen LogP contribution >= 0.6 is 0 Å². The van der Waals surface area contributed by atoms with Gasteiger partial charge < -0.3 is 10.2 Å². The van der Waals surface area contributed by atoms with Crippen LogP contribution in [0.25, 0.3) is 0 Å². The zero-order valence-corrected chi connectivity index (χ0v) is 18.0. The van der Waals surface area contributed by atoms with E-state index in [1.165, 1.54) is 29.3 Å². The Morgan fingerprint density at radius 2 is 1.57 bits per heavy atom. The van der Waals surface area contributed by atoms with Gasteiger partial charge in [-0.25, -0.2) is 8.42 Å². The van der Waals surface area contributed by atoms with Gasteiger partial charge in [-0.3, -0.25) is 4.79 Å². The molecule has 1 amide bonds. The molecule has 1 N–H and O–H groups in total. The Kier molecular flexibility index (Phi) is 6.39. The molecule has 2 fully saturated rings. The van der Waals surface area contributed by atoms with Crippen LogP contribution in [-0.4, -0.2) is 44.8 Å². The first-order valence-electron chi connectivity index (χ1n) is 10.7. The Hall–Kier alpha value is -2.38. The van der Waals surface area contributed by atoms with Gasteiger partial charge in [0.05, 0.1) is 10.8 Å². The van der Waals surface area contributed by atoms with Crippen LogP contribution < -0.4 is 10.2 Å². The predicted octanol–water partition coefficient (Wildman–Crippen LogP) is 3.72. The maximum atomic E-state index is 12.9. The molecule has 0 radical (unpaired) electrons. The highest BCUT2D eigenvalue weighted by Gasteiger charge is 2.33. The van der Waals surface area contributed by atoms with Crippen LogP contribution in [0.2, 0.25) is 0 Å². The van der Waals surface area contributed by atoms with Gasteiger partial charge in [0.1, 0.15) is 0 Å². The van der Waals surface area contributed by atoms with Gasteiger partial charge in [0.25, 0.3) is 0 Å². The molecule has 2 heterocycles. The van der Waals surface area contributed by atoms with E-state index in [9.17, 15) is 13.2 Å². The molecule has 0 spiro atoms. The van der Waals surface area contributed by atoms with Gasteiger partial charge in [0.2, 0.25) is 15.9 Å². The van der Waals surface area contributed by atoms with E-state index in [1.807, 2.05) is 24.3 Å². The molecule has 0 aliphatic carbocycles. The predicted molar refractivity (Wildman–Crippen MR) is 119 cm³/mol. The molecule has 4 rings (SSSR count). The Morgan fingerprint density at radius 1 is 0.867 bits per heavy atom. The van der Waals surface area contributed by atoms with Gasteiger partial charge in [0.15, 0.2) is 0 Å². The molecule has 6 nitrogen and oxygen atoms in total. The fraction of sp³-hybridized carbons (Fsp3) is 0.435. The number of hydrogen-bond donors (Lipinski definition) is 1. The Morgan fingerprint density at radius 3 is 2.27 bits per heavy atom. The lowest BCUT2D eigenvalue weighted by molar-refractivity contribution is -0.120. The molecule has 2 aromatic carbocycles. The molecule has 30 heavy (non-hydrogen) atoms. The first kappa shape index (κ1) is 20.9. The van der Waals surface area contributed by atoms with Crippen molar-refractivity contribution in [2.24, 2.45) is 5.92 Å². The van der Waals surface area contributed by atoms with Gasteiger partial charge in [-0.15, -0.1) is 0 Å². The molecule has 0 bridgehead atoms. The highest BCUT2D eigenvalue weighted by molar-refractivity contribution is 7.89. The molecule has 2 aliphatic heterocycles. The molecule has 160 valence electrons. The molecule has 2 aliphatic rings. The van der Waals surface area contributed by atoms with Crippen LogP contribution in [-0.2, 0) is 14.8 Å². The van der Waals surface area contributed by atoms with Crippen molar-refractivity contribution in [3.8, 4) is 0 Å². The average Bonchev–Trinajstić information content (AvgIpc) is 2.81. The van der Waals surface area contributed by atoms with E-state index in [0.29, 0.717) is 19.4 Å². The largest absolute Gasteiger partial charge is 0.372 e. The number of hydrogen-bond acceptors (Lipinski definition) is 4. The summed E-state index contributed by atoms with van der Waals surface area (Å²) in [6.45, 7) is 2.83. The van der Waals surface area contributed by atoms with E-state index in [0.717, 1.165) is 18.8 Å². The highest BCUT2D eigenvalue weighted by atomic mass is 32.2. The smallest absolute Gasteiger partial charge is 0.243 e. The Balaban J connectivity index is 1.38. The fourth-order valence-electron chi connectivity index (χ4n) is 4.27. The molecule has 1 atom stereocenters. The summed E-state index contributed by atoms with van der Waals surface area (Å²) in [5.41, 5.74) is 1.94. The number of nitrogens with zero attached hydrogens (tertiary/aromatic N) is 2. The van der Waals surface area contributed by atoms with Crippen LogP contribution in [0.4, 0.5) is 11.4 Å². The number of piperidine rings is 2. The van der Waals surface area contributed by atoms with E-state index in [2.05, 4.69) is 10.2 Å². The van der Waals surface area contributed by atoms with Gasteiger partial charge in [-0.05, 0) is 68.5 Å². The average molecular weight is 428 g/mol. The molecule has 0 unspecified atom stereocenters. The summed E-state index contributed by atoms with van der Waals surface area (Å²) in [5.74, 6) is -0.465. The molecule has 7 heteroatoms. The van der Waals surface area contributed by atoms with Crippen LogP contribution in [0.3, 0.4) is 0 Å². The number of amides is 1. The summed E-state index contributed by atoms with van der Waals surface area (Å²) in [4.78, 5) is 15.5. The molecular weight excluding hydrogens is 398 g/mol. The maximum absolute atomic E-state index is 12.9. The van der Waals surface area contributed by atoms with Crippen LogP contribution in [0.15, 0.2) is 59.5 Å². The summed E-state index contributed by atoms with van der Waals surface area (Å²) >= 11 is 0. The fourth-order valence-corrected chi connectivity index (χ4v) is 5.81. The number of carbonyl (C=O) groups excluding carboxylic acids is 1. The lowest BCUT2D eigenvalue weighted by Gasteiger charge is -2.31. The number of anilines is 2. The van der Waals surface area contributed by atoms with Crippen molar-refractivity contribution >= 4 is 27.3 Å².